The number of hydrogen-bond donors (Lipinski definition) is 1. The predicted octanol–water partition coefficient (Wildman–Crippen LogP) is 4.29. The van der Waals surface area contributed by atoms with Gasteiger partial charge in [0.2, 0.25) is 5.91 Å². The third-order valence-corrected chi connectivity index (χ3v) is 4.64. The molecular formula is C18H23BrN2O2S. The maximum Gasteiger partial charge on any atom is 0.226 e. The van der Waals surface area contributed by atoms with Crippen molar-refractivity contribution in [1.82, 2.24) is 10.3 Å². The number of carbonyl (C=O) groups excluding carboxylic acids is 1. The molecule has 1 N–H and O–H groups in total. The summed E-state index contributed by atoms with van der Waals surface area (Å²) in [6.07, 6.45) is 1.15. The van der Waals surface area contributed by atoms with Crippen LogP contribution in [0, 0.1) is 5.92 Å². The highest BCUT2D eigenvalue weighted by Crippen LogP contribution is 2.26. The van der Waals surface area contributed by atoms with Crippen LogP contribution in [0.4, 0.5) is 0 Å². The van der Waals surface area contributed by atoms with Gasteiger partial charge in [-0.25, -0.2) is 4.98 Å². The smallest absolute Gasteiger partial charge is 0.226 e. The zero-order chi connectivity index (χ0) is 17.4. The molecule has 1 aromatic carbocycles. The average Bonchev–Trinajstić information content (AvgIpc) is 2.99. The summed E-state index contributed by atoms with van der Waals surface area (Å²) < 4.78 is 6.51. The molecule has 1 aromatic heterocycles. The minimum atomic E-state index is 0.00459. The highest BCUT2D eigenvalue weighted by Gasteiger charge is 2.09. The lowest BCUT2D eigenvalue weighted by molar-refractivity contribution is -0.120. The van der Waals surface area contributed by atoms with E-state index in [1.165, 1.54) is 0 Å². The van der Waals surface area contributed by atoms with Crippen LogP contribution in [0.3, 0.4) is 0 Å². The molecule has 1 amide bonds. The van der Waals surface area contributed by atoms with Gasteiger partial charge in [-0.1, -0.05) is 41.9 Å². The maximum absolute atomic E-state index is 12.0. The number of ether oxygens (including phenoxy) is 1. The number of amides is 1. The van der Waals surface area contributed by atoms with E-state index in [-0.39, 0.29) is 5.91 Å². The molecule has 24 heavy (non-hydrogen) atoms. The Balaban J connectivity index is 1.73. The number of thiazole rings is 1. The lowest BCUT2D eigenvalue weighted by Crippen LogP contribution is -2.27. The zero-order valence-electron chi connectivity index (χ0n) is 14.0. The van der Waals surface area contributed by atoms with Crippen molar-refractivity contribution in [2.24, 2.45) is 5.92 Å². The molecule has 2 aromatic rings. The summed E-state index contributed by atoms with van der Waals surface area (Å²) in [5.74, 6) is 0.550. The second-order valence-electron chi connectivity index (χ2n) is 6.00. The SMILES string of the molecule is CC(C)COCCCNC(=O)Cc1csc(-c2cccc(Br)c2)n1. The summed E-state index contributed by atoms with van der Waals surface area (Å²) in [6.45, 7) is 6.34. The average molecular weight is 411 g/mol. The molecule has 0 aliphatic heterocycles. The van der Waals surface area contributed by atoms with Crippen LogP contribution in [0.1, 0.15) is 26.0 Å². The number of carbonyl (C=O) groups is 1. The van der Waals surface area contributed by atoms with Crippen molar-refractivity contribution in [3.05, 3.63) is 39.8 Å². The van der Waals surface area contributed by atoms with Gasteiger partial charge in [0.1, 0.15) is 5.01 Å². The molecule has 1 heterocycles. The van der Waals surface area contributed by atoms with Gasteiger partial charge in [0.25, 0.3) is 0 Å². The molecule has 0 fully saturated rings. The first kappa shape index (κ1) is 19.1. The largest absolute Gasteiger partial charge is 0.381 e. The van der Waals surface area contributed by atoms with Crippen LogP contribution in [-0.2, 0) is 16.0 Å². The molecule has 130 valence electrons. The molecule has 0 aliphatic rings. The molecule has 0 saturated carbocycles. The topological polar surface area (TPSA) is 51.2 Å². The minimum Gasteiger partial charge on any atom is -0.381 e. The zero-order valence-corrected chi connectivity index (χ0v) is 16.5. The molecule has 0 aliphatic carbocycles. The van der Waals surface area contributed by atoms with E-state index in [1.807, 2.05) is 29.6 Å². The van der Waals surface area contributed by atoms with Crippen molar-refractivity contribution in [3.63, 3.8) is 0 Å². The van der Waals surface area contributed by atoms with Crippen LogP contribution in [0.25, 0.3) is 10.6 Å². The molecule has 0 atom stereocenters. The summed E-state index contributed by atoms with van der Waals surface area (Å²) in [5, 5.41) is 5.79. The van der Waals surface area contributed by atoms with E-state index >= 15 is 0 Å². The Hall–Kier alpha value is -1.24. The Morgan fingerprint density at radius 2 is 2.25 bits per heavy atom. The van der Waals surface area contributed by atoms with Crippen molar-refractivity contribution >= 4 is 33.2 Å². The monoisotopic (exact) mass is 410 g/mol. The molecule has 0 saturated heterocycles. The summed E-state index contributed by atoms with van der Waals surface area (Å²) in [7, 11) is 0. The number of nitrogens with one attached hydrogen (secondary N) is 1. The van der Waals surface area contributed by atoms with Gasteiger partial charge in [0.15, 0.2) is 0 Å². The van der Waals surface area contributed by atoms with E-state index in [1.54, 1.807) is 11.3 Å². The Morgan fingerprint density at radius 1 is 1.42 bits per heavy atom. The van der Waals surface area contributed by atoms with Gasteiger partial charge < -0.3 is 10.1 Å². The predicted molar refractivity (Wildman–Crippen MR) is 102 cm³/mol. The number of benzene rings is 1. The van der Waals surface area contributed by atoms with E-state index in [0.29, 0.717) is 25.5 Å². The summed E-state index contributed by atoms with van der Waals surface area (Å²) >= 11 is 5.02. The Labute approximate surface area is 155 Å². The lowest BCUT2D eigenvalue weighted by atomic mass is 10.2. The molecule has 0 spiro atoms. The highest BCUT2D eigenvalue weighted by atomic mass is 79.9. The molecule has 2 rings (SSSR count). The summed E-state index contributed by atoms with van der Waals surface area (Å²) in [4.78, 5) is 16.5. The normalized spacial score (nSPS) is 11.0. The molecule has 6 heteroatoms. The van der Waals surface area contributed by atoms with E-state index in [9.17, 15) is 4.79 Å². The number of halogens is 1. The molecular weight excluding hydrogens is 388 g/mol. The van der Waals surface area contributed by atoms with Crippen molar-refractivity contribution in [3.8, 4) is 10.6 Å². The van der Waals surface area contributed by atoms with Crippen molar-refractivity contribution in [2.75, 3.05) is 19.8 Å². The molecule has 0 unspecified atom stereocenters. The van der Waals surface area contributed by atoms with Crippen LogP contribution >= 0.6 is 27.3 Å². The quantitative estimate of drug-likeness (QED) is 0.627. The Bertz CT molecular complexity index is 658. The Kier molecular flexibility index (Phi) is 7.88. The summed E-state index contributed by atoms with van der Waals surface area (Å²) in [6, 6.07) is 8.01. The fourth-order valence-corrected chi connectivity index (χ4v) is 3.31. The van der Waals surface area contributed by atoms with Crippen LogP contribution in [0.5, 0.6) is 0 Å². The maximum atomic E-state index is 12.0. The fourth-order valence-electron chi connectivity index (χ4n) is 2.09. The van der Waals surface area contributed by atoms with Crippen LogP contribution in [0.2, 0.25) is 0 Å². The molecule has 0 radical (unpaired) electrons. The number of rotatable bonds is 9. The van der Waals surface area contributed by atoms with Gasteiger partial charge in [-0.05, 0) is 24.5 Å². The van der Waals surface area contributed by atoms with E-state index in [4.69, 9.17) is 4.74 Å². The van der Waals surface area contributed by atoms with Crippen LogP contribution < -0.4 is 5.32 Å². The Morgan fingerprint density at radius 3 is 3.00 bits per heavy atom. The van der Waals surface area contributed by atoms with E-state index < -0.39 is 0 Å². The van der Waals surface area contributed by atoms with Crippen LogP contribution in [-0.4, -0.2) is 30.6 Å². The van der Waals surface area contributed by atoms with Gasteiger partial charge in [-0.3, -0.25) is 4.79 Å². The highest BCUT2D eigenvalue weighted by molar-refractivity contribution is 9.10. The minimum absolute atomic E-state index is 0.00459. The van der Waals surface area contributed by atoms with Gasteiger partial charge >= 0.3 is 0 Å². The van der Waals surface area contributed by atoms with Gasteiger partial charge in [-0.2, -0.15) is 0 Å². The fraction of sp³-hybridized carbons (Fsp3) is 0.444. The van der Waals surface area contributed by atoms with Crippen molar-refractivity contribution in [1.29, 1.82) is 0 Å². The molecule has 0 bridgehead atoms. The third kappa shape index (κ3) is 6.71. The second kappa shape index (κ2) is 9.91. The first-order valence-electron chi connectivity index (χ1n) is 8.09. The lowest BCUT2D eigenvalue weighted by Gasteiger charge is -2.07. The standard InChI is InChI=1S/C18H23BrN2O2S/c1-13(2)11-23-8-4-7-20-17(22)10-16-12-24-18(21-16)14-5-3-6-15(19)9-14/h3,5-6,9,12-13H,4,7-8,10-11H2,1-2H3,(H,20,22). The van der Waals surface area contributed by atoms with Gasteiger partial charge in [0.05, 0.1) is 12.1 Å². The summed E-state index contributed by atoms with van der Waals surface area (Å²) in [5.41, 5.74) is 1.87. The number of hydrogen-bond acceptors (Lipinski definition) is 4. The van der Waals surface area contributed by atoms with Gasteiger partial charge in [-0.15, -0.1) is 11.3 Å². The second-order valence-corrected chi connectivity index (χ2v) is 7.78. The van der Waals surface area contributed by atoms with Crippen LogP contribution in [0.15, 0.2) is 34.1 Å². The third-order valence-electron chi connectivity index (χ3n) is 3.20. The van der Waals surface area contributed by atoms with E-state index in [2.05, 4.69) is 40.1 Å². The van der Waals surface area contributed by atoms with Crippen molar-refractivity contribution in [2.45, 2.75) is 26.7 Å². The first-order valence-corrected chi connectivity index (χ1v) is 9.76. The van der Waals surface area contributed by atoms with E-state index in [0.717, 1.165) is 33.8 Å². The van der Waals surface area contributed by atoms with Crippen molar-refractivity contribution < 1.29 is 9.53 Å². The molecule has 4 nitrogen and oxygen atoms in total. The number of nitrogens with zero attached hydrogens (tertiary/aromatic N) is 1. The first-order chi connectivity index (χ1) is 11.5. The number of aromatic nitrogens is 1. The van der Waals surface area contributed by atoms with Gasteiger partial charge in [0, 0.05) is 35.2 Å².